The van der Waals surface area contributed by atoms with E-state index in [1.54, 1.807) is 0 Å². The van der Waals surface area contributed by atoms with Crippen LogP contribution in [0.2, 0.25) is 0 Å². The van der Waals surface area contributed by atoms with E-state index in [9.17, 15) is 4.79 Å². The fraction of sp³-hybridized carbons (Fsp3) is 0.875. The molecule has 3 heteroatoms. The molecule has 64 valence electrons. The van der Waals surface area contributed by atoms with Crippen LogP contribution in [-0.4, -0.2) is 29.9 Å². The maximum absolute atomic E-state index is 10.6. The van der Waals surface area contributed by atoms with Gasteiger partial charge in [0.15, 0.2) is 0 Å². The van der Waals surface area contributed by atoms with Crippen molar-refractivity contribution in [1.82, 2.24) is 4.90 Å². The summed E-state index contributed by atoms with van der Waals surface area (Å²) in [6.07, 6.45) is 1.19. The number of hydrogen-bond acceptors (Lipinski definition) is 2. The Morgan fingerprint density at radius 3 is 2.64 bits per heavy atom. The zero-order chi connectivity index (χ0) is 8.43. The molecule has 1 aliphatic rings. The third-order valence-corrected chi connectivity index (χ3v) is 2.27. The number of carbonyl (C=O) groups is 1. The molecule has 0 bridgehead atoms. The number of nitrogens with two attached hydrogens (primary N) is 1. The first-order valence-electron chi connectivity index (χ1n) is 4.12. The largest absolute Gasteiger partial charge is 0.369 e. The second-order valence-corrected chi connectivity index (χ2v) is 3.59. The zero-order valence-corrected chi connectivity index (χ0v) is 7.21. The molecule has 2 atom stereocenters. The number of carbonyl (C=O) groups excluding carboxylic acids is 1. The van der Waals surface area contributed by atoms with E-state index in [2.05, 4.69) is 18.7 Å². The van der Waals surface area contributed by atoms with Gasteiger partial charge in [0.2, 0.25) is 5.91 Å². The lowest BCUT2D eigenvalue weighted by atomic mass is 10.1. The molecule has 3 nitrogen and oxygen atoms in total. The van der Waals surface area contributed by atoms with Crippen LogP contribution in [0.4, 0.5) is 0 Å². The third-order valence-electron chi connectivity index (χ3n) is 2.27. The van der Waals surface area contributed by atoms with Gasteiger partial charge in [-0.1, -0.05) is 6.92 Å². The predicted octanol–water partition coefficient (Wildman–Crippen LogP) is 0.202. The highest BCUT2D eigenvalue weighted by atomic mass is 16.1. The van der Waals surface area contributed by atoms with Gasteiger partial charge in [0.1, 0.15) is 0 Å². The standard InChI is InChI=1S/C8H16N2O/c1-6-3-7(2)10(4-6)5-8(9)11/h6-7H,3-5H2,1-2H3,(H2,9,11). The van der Waals surface area contributed by atoms with Crippen LogP contribution in [0.15, 0.2) is 0 Å². The smallest absolute Gasteiger partial charge is 0.231 e. The molecule has 1 amide bonds. The van der Waals surface area contributed by atoms with Gasteiger partial charge in [0.05, 0.1) is 6.54 Å². The number of likely N-dealkylation sites (tertiary alicyclic amines) is 1. The number of primary amides is 1. The molecule has 0 aromatic carbocycles. The van der Waals surface area contributed by atoms with Crippen molar-refractivity contribution in [3.63, 3.8) is 0 Å². The van der Waals surface area contributed by atoms with E-state index in [4.69, 9.17) is 5.73 Å². The molecule has 0 spiro atoms. The average molecular weight is 156 g/mol. The molecule has 2 unspecified atom stereocenters. The van der Waals surface area contributed by atoms with Crippen molar-refractivity contribution in [3.8, 4) is 0 Å². The van der Waals surface area contributed by atoms with E-state index >= 15 is 0 Å². The fourth-order valence-corrected chi connectivity index (χ4v) is 1.81. The summed E-state index contributed by atoms with van der Waals surface area (Å²) in [7, 11) is 0. The molecule has 0 aromatic heterocycles. The molecule has 0 saturated carbocycles. The van der Waals surface area contributed by atoms with Crippen molar-refractivity contribution in [2.24, 2.45) is 11.7 Å². The van der Waals surface area contributed by atoms with E-state index < -0.39 is 0 Å². The van der Waals surface area contributed by atoms with E-state index in [1.807, 2.05) is 0 Å². The number of nitrogens with zero attached hydrogens (tertiary/aromatic N) is 1. The number of hydrogen-bond donors (Lipinski definition) is 1. The Kier molecular flexibility index (Phi) is 2.49. The lowest BCUT2D eigenvalue weighted by Gasteiger charge is -2.18. The number of rotatable bonds is 2. The molecule has 0 aromatic rings. The minimum atomic E-state index is -0.217. The van der Waals surface area contributed by atoms with Gasteiger partial charge in [-0.25, -0.2) is 0 Å². The van der Waals surface area contributed by atoms with E-state index in [1.165, 1.54) is 6.42 Å². The van der Waals surface area contributed by atoms with Crippen LogP contribution in [0.25, 0.3) is 0 Å². The molecular weight excluding hydrogens is 140 g/mol. The quantitative estimate of drug-likeness (QED) is 0.621. The van der Waals surface area contributed by atoms with Crippen LogP contribution in [0.1, 0.15) is 20.3 Å². The second-order valence-electron chi connectivity index (χ2n) is 3.59. The lowest BCUT2D eigenvalue weighted by Crippen LogP contribution is -2.35. The van der Waals surface area contributed by atoms with Crippen molar-refractivity contribution in [2.45, 2.75) is 26.3 Å². The minimum absolute atomic E-state index is 0.217. The predicted molar refractivity (Wildman–Crippen MR) is 44.0 cm³/mol. The van der Waals surface area contributed by atoms with Gasteiger partial charge < -0.3 is 5.73 Å². The summed E-state index contributed by atoms with van der Waals surface area (Å²) in [4.78, 5) is 12.7. The molecular formula is C8H16N2O. The number of amides is 1. The highest BCUT2D eigenvalue weighted by molar-refractivity contribution is 5.76. The van der Waals surface area contributed by atoms with E-state index in [-0.39, 0.29) is 5.91 Å². The van der Waals surface area contributed by atoms with Crippen LogP contribution in [0, 0.1) is 5.92 Å². The Bertz CT molecular complexity index is 158. The molecule has 1 rings (SSSR count). The van der Waals surface area contributed by atoms with Gasteiger partial charge in [-0.15, -0.1) is 0 Å². The summed E-state index contributed by atoms with van der Waals surface area (Å²) in [5.41, 5.74) is 5.10. The molecule has 11 heavy (non-hydrogen) atoms. The summed E-state index contributed by atoms with van der Waals surface area (Å²) in [6.45, 7) is 5.79. The first kappa shape index (κ1) is 8.53. The van der Waals surface area contributed by atoms with Crippen LogP contribution >= 0.6 is 0 Å². The Morgan fingerprint density at radius 1 is 1.64 bits per heavy atom. The average Bonchev–Trinajstić information content (AvgIpc) is 2.09. The minimum Gasteiger partial charge on any atom is -0.369 e. The van der Waals surface area contributed by atoms with Crippen molar-refractivity contribution in [3.05, 3.63) is 0 Å². The van der Waals surface area contributed by atoms with Gasteiger partial charge in [-0.05, 0) is 19.3 Å². The molecule has 1 fully saturated rings. The van der Waals surface area contributed by atoms with E-state index in [0.29, 0.717) is 18.5 Å². The highest BCUT2D eigenvalue weighted by Crippen LogP contribution is 2.21. The Hall–Kier alpha value is -0.570. The highest BCUT2D eigenvalue weighted by Gasteiger charge is 2.26. The molecule has 0 radical (unpaired) electrons. The summed E-state index contributed by atoms with van der Waals surface area (Å²) in [5, 5.41) is 0. The van der Waals surface area contributed by atoms with Crippen LogP contribution < -0.4 is 5.73 Å². The lowest BCUT2D eigenvalue weighted by molar-refractivity contribution is -0.119. The Morgan fingerprint density at radius 2 is 2.27 bits per heavy atom. The molecule has 2 N–H and O–H groups in total. The Labute approximate surface area is 67.5 Å². The van der Waals surface area contributed by atoms with Gasteiger partial charge >= 0.3 is 0 Å². The van der Waals surface area contributed by atoms with Crippen LogP contribution in [-0.2, 0) is 4.79 Å². The summed E-state index contributed by atoms with van der Waals surface area (Å²) in [6, 6.07) is 0.525. The Balaban J connectivity index is 2.40. The second kappa shape index (κ2) is 3.22. The monoisotopic (exact) mass is 156 g/mol. The maximum atomic E-state index is 10.6. The molecule has 1 aliphatic heterocycles. The summed E-state index contributed by atoms with van der Waals surface area (Å²) in [5.74, 6) is 0.496. The first-order chi connectivity index (χ1) is 5.09. The van der Waals surface area contributed by atoms with Crippen LogP contribution in [0.5, 0.6) is 0 Å². The first-order valence-corrected chi connectivity index (χ1v) is 4.12. The van der Waals surface area contributed by atoms with Crippen molar-refractivity contribution < 1.29 is 4.79 Å². The summed E-state index contributed by atoms with van der Waals surface area (Å²) >= 11 is 0. The van der Waals surface area contributed by atoms with Crippen molar-refractivity contribution in [2.75, 3.05) is 13.1 Å². The molecule has 1 heterocycles. The van der Waals surface area contributed by atoms with Gasteiger partial charge in [-0.3, -0.25) is 9.69 Å². The molecule has 0 aliphatic carbocycles. The van der Waals surface area contributed by atoms with E-state index in [0.717, 1.165) is 6.54 Å². The van der Waals surface area contributed by atoms with Crippen LogP contribution in [0.3, 0.4) is 0 Å². The maximum Gasteiger partial charge on any atom is 0.231 e. The SMILES string of the molecule is CC1CC(C)N(CC(N)=O)C1. The van der Waals surface area contributed by atoms with Crippen molar-refractivity contribution >= 4 is 5.91 Å². The fourth-order valence-electron chi connectivity index (χ4n) is 1.81. The van der Waals surface area contributed by atoms with Gasteiger partial charge in [0.25, 0.3) is 0 Å². The van der Waals surface area contributed by atoms with Crippen molar-refractivity contribution in [1.29, 1.82) is 0 Å². The van der Waals surface area contributed by atoms with Gasteiger partial charge in [-0.2, -0.15) is 0 Å². The topological polar surface area (TPSA) is 46.3 Å². The summed E-state index contributed by atoms with van der Waals surface area (Å²) < 4.78 is 0. The third kappa shape index (κ3) is 2.19. The normalized spacial score (nSPS) is 32.5. The van der Waals surface area contributed by atoms with Gasteiger partial charge in [0, 0.05) is 12.6 Å². The molecule has 1 saturated heterocycles. The zero-order valence-electron chi connectivity index (χ0n) is 7.21.